The fourth-order valence-corrected chi connectivity index (χ4v) is 3.40. The van der Waals surface area contributed by atoms with E-state index >= 15 is 0 Å². The zero-order valence-electron chi connectivity index (χ0n) is 13.5. The highest BCUT2D eigenvalue weighted by Gasteiger charge is 2.31. The lowest BCUT2D eigenvalue weighted by atomic mass is 9.99. The lowest BCUT2D eigenvalue weighted by molar-refractivity contribution is 0.207. The Morgan fingerprint density at radius 1 is 1.29 bits per heavy atom. The molecule has 3 heterocycles. The average Bonchev–Trinajstić information content (AvgIpc) is 3.23. The zero-order valence-corrected chi connectivity index (χ0v) is 13.5. The Hall–Kier alpha value is -2.89. The summed E-state index contributed by atoms with van der Waals surface area (Å²) in [7, 11) is 0. The van der Waals surface area contributed by atoms with Crippen LogP contribution < -0.4 is 5.32 Å². The van der Waals surface area contributed by atoms with Crippen LogP contribution in [0.2, 0.25) is 0 Å². The van der Waals surface area contributed by atoms with Crippen LogP contribution in [-0.4, -0.2) is 32.1 Å². The summed E-state index contributed by atoms with van der Waals surface area (Å²) in [6.45, 7) is 2.86. The van der Waals surface area contributed by atoms with Gasteiger partial charge in [-0.05, 0) is 37.0 Å². The number of anilines is 1. The van der Waals surface area contributed by atoms with E-state index in [-0.39, 0.29) is 12.1 Å². The summed E-state index contributed by atoms with van der Waals surface area (Å²) in [5, 5.41) is 7.18. The zero-order chi connectivity index (χ0) is 16.5. The third-order valence-electron chi connectivity index (χ3n) is 4.58. The van der Waals surface area contributed by atoms with Crippen LogP contribution in [0.25, 0.3) is 5.65 Å². The van der Waals surface area contributed by atoms with Crippen molar-refractivity contribution in [2.75, 3.05) is 11.9 Å². The van der Waals surface area contributed by atoms with Crippen LogP contribution >= 0.6 is 0 Å². The molecule has 6 heteroatoms. The highest BCUT2D eigenvalue weighted by atomic mass is 16.2. The smallest absolute Gasteiger partial charge is 0.317 e. The van der Waals surface area contributed by atoms with Gasteiger partial charge in [-0.2, -0.15) is 5.10 Å². The van der Waals surface area contributed by atoms with Crippen molar-refractivity contribution in [1.82, 2.24) is 19.5 Å². The highest BCUT2D eigenvalue weighted by Crippen LogP contribution is 2.34. The van der Waals surface area contributed by atoms with Gasteiger partial charge >= 0.3 is 6.03 Å². The van der Waals surface area contributed by atoms with Crippen molar-refractivity contribution in [1.29, 1.82) is 0 Å². The Bertz CT molecular complexity index is 888. The second-order valence-electron chi connectivity index (χ2n) is 6.08. The van der Waals surface area contributed by atoms with Crippen molar-refractivity contribution in [3.63, 3.8) is 0 Å². The molecule has 1 fully saturated rings. The van der Waals surface area contributed by atoms with Gasteiger partial charge in [0, 0.05) is 18.9 Å². The quantitative estimate of drug-likeness (QED) is 0.787. The topological polar surface area (TPSA) is 62.5 Å². The molecule has 24 heavy (non-hydrogen) atoms. The predicted molar refractivity (Wildman–Crippen MR) is 91.9 cm³/mol. The van der Waals surface area contributed by atoms with Crippen molar-refractivity contribution in [2.45, 2.75) is 25.8 Å². The van der Waals surface area contributed by atoms with Gasteiger partial charge < -0.3 is 10.2 Å². The number of aromatic nitrogens is 3. The van der Waals surface area contributed by atoms with Crippen LogP contribution in [0.5, 0.6) is 0 Å². The van der Waals surface area contributed by atoms with Gasteiger partial charge in [0.2, 0.25) is 0 Å². The van der Waals surface area contributed by atoms with Gasteiger partial charge in [0.1, 0.15) is 5.69 Å². The van der Waals surface area contributed by atoms with E-state index in [1.54, 1.807) is 23.0 Å². The summed E-state index contributed by atoms with van der Waals surface area (Å²) in [4.78, 5) is 19.0. The normalized spacial score (nSPS) is 17.4. The van der Waals surface area contributed by atoms with Crippen molar-refractivity contribution >= 4 is 17.4 Å². The predicted octanol–water partition coefficient (Wildman–Crippen LogP) is 3.41. The largest absolute Gasteiger partial charge is 0.322 e. The first-order valence-electron chi connectivity index (χ1n) is 8.15. The lowest BCUT2D eigenvalue weighted by Crippen LogP contribution is -2.34. The number of urea groups is 1. The molecule has 3 aromatic rings. The maximum atomic E-state index is 12.8. The number of rotatable bonds is 2. The SMILES string of the molecule is Cc1ccccc1C1CCCN1C(=O)Nc1cnn2cccnc12. The van der Waals surface area contributed by atoms with Crippen LogP contribution in [0, 0.1) is 6.92 Å². The molecule has 1 aliphatic rings. The number of amides is 2. The Balaban J connectivity index is 1.58. The summed E-state index contributed by atoms with van der Waals surface area (Å²) < 4.78 is 1.65. The minimum atomic E-state index is -0.0960. The molecule has 1 aromatic carbocycles. The molecule has 122 valence electrons. The Kier molecular flexibility index (Phi) is 3.65. The number of nitrogens with zero attached hydrogens (tertiary/aromatic N) is 4. The van der Waals surface area contributed by atoms with Crippen molar-refractivity contribution in [2.24, 2.45) is 0 Å². The Morgan fingerprint density at radius 3 is 3.04 bits per heavy atom. The first-order chi connectivity index (χ1) is 11.7. The molecule has 1 aliphatic heterocycles. The molecule has 1 unspecified atom stereocenters. The average molecular weight is 321 g/mol. The van der Waals surface area contributed by atoms with Gasteiger partial charge in [-0.3, -0.25) is 0 Å². The molecule has 2 amide bonds. The van der Waals surface area contributed by atoms with E-state index in [4.69, 9.17) is 0 Å². The van der Waals surface area contributed by atoms with Gasteiger partial charge in [0.05, 0.1) is 12.2 Å². The standard InChI is InChI=1S/C18H19N5O/c1-13-6-2-3-7-14(13)16-8-4-10-22(16)18(24)21-15-12-20-23-11-5-9-19-17(15)23/h2-3,5-7,9,11-12,16H,4,8,10H2,1H3,(H,21,24). The number of carbonyl (C=O) groups excluding carboxylic acids is 1. The number of hydrogen-bond acceptors (Lipinski definition) is 3. The Labute approximate surface area is 140 Å². The van der Waals surface area contributed by atoms with Gasteiger partial charge in [-0.15, -0.1) is 0 Å². The monoisotopic (exact) mass is 321 g/mol. The molecule has 1 atom stereocenters. The van der Waals surface area contributed by atoms with E-state index in [9.17, 15) is 4.79 Å². The third-order valence-corrected chi connectivity index (χ3v) is 4.58. The molecule has 0 radical (unpaired) electrons. The van der Waals surface area contributed by atoms with Gasteiger partial charge in [-0.25, -0.2) is 14.3 Å². The fraction of sp³-hybridized carbons (Fsp3) is 0.278. The van der Waals surface area contributed by atoms with Gasteiger partial charge in [0.25, 0.3) is 0 Å². The molecule has 0 spiro atoms. The second-order valence-corrected chi connectivity index (χ2v) is 6.08. The molecule has 1 N–H and O–H groups in total. The maximum Gasteiger partial charge on any atom is 0.322 e. The van der Waals surface area contributed by atoms with Crippen molar-refractivity contribution in [3.8, 4) is 0 Å². The maximum absolute atomic E-state index is 12.8. The molecular weight excluding hydrogens is 302 g/mol. The van der Waals surface area contributed by atoms with E-state index < -0.39 is 0 Å². The number of carbonyl (C=O) groups is 1. The van der Waals surface area contributed by atoms with Crippen LogP contribution in [0.4, 0.5) is 10.5 Å². The van der Waals surface area contributed by atoms with Crippen LogP contribution in [-0.2, 0) is 0 Å². The number of likely N-dealkylation sites (tertiary alicyclic amines) is 1. The summed E-state index contributed by atoms with van der Waals surface area (Å²) in [5.74, 6) is 0. The van der Waals surface area contributed by atoms with Gasteiger partial charge in [-0.1, -0.05) is 24.3 Å². The van der Waals surface area contributed by atoms with E-state index in [2.05, 4.69) is 34.5 Å². The van der Waals surface area contributed by atoms with E-state index in [1.165, 1.54) is 11.1 Å². The second kappa shape index (κ2) is 5.96. The molecular formula is C18H19N5O. The Morgan fingerprint density at radius 2 is 2.17 bits per heavy atom. The highest BCUT2D eigenvalue weighted by molar-refractivity contribution is 5.93. The molecule has 0 bridgehead atoms. The molecule has 0 saturated carbocycles. The van der Waals surface area contributed by atoms with E-state index in [1.807, 2.05) is 23.2 Å². The summed E-state index contributed by atoms with van der Waals surface area (Å²) >= 11 is 0. The lowest BCUT2D eigenvalue weighted by Gasteiger charge is -2.26. The number of nitrogens with one attached hydrogen (secondary N) is 1. The molecule has 6 nitrogen and oxygen atoms in total. The molecule has 0 aliphatic carbocycles. The van der Waals surface area contributed by atoms with Crippen LogP contribution in [0.3, 0.4) is 0 Å². The number of fused-ring (bicyclic) bond motifs is 1. The van der Waals surface area contributed by atoms with Crippen LogP contribution in [0.1, 0.15) is 30.0 Å². The minimum absolute atomic E-state index is 0.0960. The van der Waals surface area contributed by atoms with Gasteiger partial charge in [0.15, 0.2) is 5.65 Å². The van der Waals surface area contributed by atoms with E-state index in [0.29, 0.717) is 11.3 Å². The summed E-state index contributed by atoms with van der Waals surface area (Å²) in [5.41, 5.74) is 3.73. The number of aryl methyl sites for hydroxylation is 1. The first kappa shape index (κ1) is 14.7. The summed E-state index contributed by atoms with van der Waals surface area (Å²) in [6, 6.07) is 10.1. The number of benzene rings is 1. The third kappa shape index (κ3) is 2.50. The summed E-state index contributed by atoms with van der Waals surface area (Å²) in [6.07, 6.45) is 7.15. The fourth-order valence-electron chi connectivity index (χ4n) is 3.40. The molecule has 4 rings (SSSR count). The molecule has 2 aromatic heterocycles. The van der Waals surface area contributed by atoms with Crippen molar-refractivity contribution in [3.05, 3.63) is 60.0 Å². The number of hydrogen-bond donors (Lipinski definition) is 1. The minimum Gasteiger partial charge on any atom is -0.317 e. The van der Waals surface area contributed by atoms with Crippen molar-refractivity contribution < 1.29 is 4.79 Å². The first-order valence-corrected chi connectivity index (χ1v) is 8.15. The van der Waals surface area contributed by atoms with Crippen LogP contribution in [0.15, 0.2) is 48.9 Å². The molecule has 1 saturated heterocycles. The van der Waals surface area contributed by atoms with E-state index in [0.717, 1.165) is 19.4 Å².